The van der Waals surface area contributed by atoms with Gasteiger partial charge in [0.15, 0.2) is 5.75 Å². The Kier molecular flexibility index (Phi) is 4.90. The molecule has 0 radical (unpaired) electrons. The van der Waals surface area contributed by atoms with Gasteiger partial charge >= 0.3 is 5.69 Å². The summed E-state index contributed by atoms with van der Waals surface area (Å²) in [6.07, 6.45) is 0. The van der Waals surface area contributed by atoms with E-state index in [-0.39, 0.29) is 11.4 Å². The molecule has 4 rings (SSSR count). The first-order chi connectivity index (χ1) is 13.7. The average molecular weight is 393 g/mol. The maximum absolute atomic E-state index is 11.2. The van der Waals surface area contributed by atoms with Gasteiger partial charge in [0.05, 0.1) is 17.7 Å². The quantitative estimate of drug-likeness (QED) is 0.277. The van der Waals surface area contributed by atoms with Gasteiger partial charge in [-0.2, -0.15) is 4.68 Å². The summed E-state index contributed by atoms with van der Waals surface area (Å²) in [6, 6.07) is 18.9. The second kappa shape index (κ2) is 7.65. The van der Waals surface area contributed by atoms with Crippen LogP contribution in [-0.2, 0) is 5.75 Å². The summed E-state index contributed by atoms with van der Waals surface area (Å²) in [5.74, 6) is 0.718. The van der Waals surface area contributed by atoms with Crippen LogP contribution < -0.4 is 4.74 Å². The van der Waals surface area contributed by atoms with Crippen molar-refractivity contribution in [3.8, 4) is 11.4 Å². The normalized spacial score (nSPS) is 10.9. The molecule has 0 fully saturated rings. The van der Waals surface area contributed by atoms with Gasteiger partial charge in [-0.3, -0.25) is 10.1 Å². The molecule has 0 spiro atoms. The van der Waals surface area contributed by atoms with E-state index in [1.165, 1.54) is 24.9 Å². The van der Waals surface area contributed by atoms with E-state index in [4.69, 9.17) is 4.74 Å². The molecule has 140 valence electrons. The molecule has 8 nitrogen and oxygen atoms in total. The van der Waals surface area contributed by atoms with Crippen LogP contribution in [0.4, 0.5) is 5.69 Å². The van der Waals surface area contributed by atoms with E-state index in [0.29, 0.717) is 10.9 Å². The predicted molar refractivity (Wildman–Crippen MR) is 106 cm³/mol. The van der Waals surface area contributed by atoms with Gasteiger partial charge in [0.2, 0.25) is 5.16 Å². The van der Waals surface area contributed by atoms with E-state index in [9.17, 15) is 10.1 Å². The number of fused-ring (bicyclic) bond motifs is 1. The zero-order valence-electron chi connectivity index (χ0n) is 14.8. The van der Waals surface area contributed by atoms with Crippen LogP contribution in [0, 0.1) is 10.1 Å². The lowest BCUT2D eigenvalue weighted by atomic mass is 10.1. The van der Waals surface area contributed by atoms with Crippen molar-refractivity contribution in [3.63, 3.8) is 0 Å². The number of tetrazole rings is 1. The fourth-order valence-electron chi connectivity index (χ4n) is 2.93. The Bertz CT molecular complexity index is 1160. The number of thioether (sulfide) groups is 1. The number of benzene rings is 3. The molecule has 0 unspecified atom stereocenters. The minimum absolute atomic E-state index is 0.0609. The Labute approximate surface area is 164 Å². The molecule has 9 heteroatoms. The molecule has 1 aromatic heterocycles. The third-order valence-electron chi connectivity index (χ3n) is 4.24. The summed E-state index contributed by atoms with van der Waals surface area (Å²) in [5, 5.41) is 26.0. The van der Waals surface area contributed by atoms with Crippen LogP contribution in [0.5, 0.6) is 5.75 Å². The highest BCUT2D eigenvalue weighted by atomic mass is 32.2. The van der Waals surface area contributed by atoms with Gasteiger partial charge in [-0.25, -0.2) is 0 Å². The standard InChI is InChI=1S/C19H15N5O3S/c1-27-18-10-9-13(11-17(18)24(25)26)12-28-19-20-21-22-23(19)16-8-4-6-14-5-2-3-7-15(14)16/h2-11H,12H2,1H3. The third kappa shape index (κ3) is 3.39. The lowest BCUT2D eigenvalue weighted by molar-refractivity contribution is -0.385. The summed E-state index contributed by atoms with van der Waals surface area (Å²) < 4.78 is 6.73. The Hall–Kier alpha value is -3.46. The van der Waals surface area contributed by atoms with Gasteiger partial charge < -0.3 is 4.74 Å². The number of nitro benzene ring substituents is 1. The summed E-state index contributed by atoms with van der Waals surface area (Å²) >= 11 is 1.41. The van der Waals surface area contributed by atoms with Gasteiger partial charge in [-0.05, 0) is 33.5 Å². The first kappa shape index (κ1) is 17.9. The van der Waals surface area contributed by atoms with Crippen molar-refractivity contribution < 1.29 is 9.66 Å². The molecule has 0 aliphatic heterocycles. The largest absolute Gasteiger partial charge is 0.490 e. The van der Waals surface area contributed by atoms with E-state index in [2.05, 4.69) is 15.5 Å². The molecule has 0 saturated carbocycles. The second-order valence-corrected chi connectivity index (χ2v) is 6.87. The fraction of sp³-hybridized carbons (Fsp3) is 0.105. The van der Waals surface area contributed by atoms with Crippen LogP contribution in [0.1, 0.15) is 5.56 Å². The van der Waals surface area contributed by atoms with E-state index < -0.39 is 4.92 Å². The number of methoxy groups -OCH3 is 1. The second-order valence-electron chi connectivity index (χ2n) is 5.92. The Morgan fingerprint density at radius 2 is 1.96 bits per heavy atom. The smallest absolute Gasteiger partial charge is 0.311 e. The van der Waals surface area contributed by atoms with Gasteiger partial charge in [-0.1, -0.05) is 54.2 Å². The molecular weight excluding hydrogens is 378 g/mol. The highest BCUT2D eigenvalue weighted by molar-refractivity contribution is 7.98. The maximum atomic E-state index is 11.2. The highest BCUT2D eigenvalue weighted by Gasteiger charge is 2.17. The van der Waals surface area contributed by atoms with Gasteiger partial charge in [0.25, 0.3) is 0 Å². The topological polar surface area (TPSA) is 96.0 Å². The van der Waals surface area contributed by atoms with Gasteiger partial charge in [0.1, 0.15) is 0 Å². The highest BCUT2D eigenvalue weighted by Crippen LogP contribution is 2.31. The van der Waals surface area contributed by atoms with Crippen molar-refractivity contribution in [2.75, 3.05) is 7.11 Å². The Balaban J connectivity index is 1.62. The number of nitro groups is 1. The molecule has 1 heterocycles. The summed E-state index contributed by atoms with van der Waals surface area (Å²) in [6.45, 7) is 0. The van der Waals surface area contributed by atoms with E-state index in [1.54, 1.807) is 16.8 Å². The van der Waals surface area contributed by atoms with Crippen molar-refractivity contribution in [2.45, 2.75) is 10.9 Å². The molecule has 0 saturated heterocycles. The number of hydrogen-bond acceptors (Lipinski definition) is 7. The van der Waals surface area contributed by atoms with Crippen molar-refractivity contribution in [2.24, 2.45) is 0 Å². The molecule has 3 aromatic carbocycles. The summed E-state index contributed by atoms with van der Waals surface area (Å²) in [7, 11) is 1.41. The van der Waals surface area contributed by atoms with Crippen LogP contribution in [0.25, 0.3) is 16.5 Å². The van der Waals surface area contributed by atoms with E-state index in [1.807, 2.05) is 42.5 Å². The lowest BCUT2D eigenvalue weighted by Gasteiger charge is -2.08. The average Bonchev–Trinajstić information content (AvgIpc) is 3.20. The van der Waals surface area contributed by atoms with Crippen molar-refractivity contribution in [1.29, 1.82) is 0 Å². The zero-order chi connectivity index (χ0) is 19.5. The molecule has 0 aliphatic carbocycles. The monoisotopic (exact) mass is 393 g/mol. The number of ether oxygens (including phenoxy) is 1. The minimum Gasteiger partial charge on any atom is -0.490 e. The zero-order valence-corrected chi connectivity index (χ0v) is 15.7. The molecule has 28 heavy (non-hydrogen) atoms. The van der Waals surface area contributed by atoms with Crippen LogP contribution in [0.2, 0.25) is 0 Å². The molecule has 4 aromatic rings. The lowest BCUT2D eigenvalue weighted by Crippen LogP contribution is -2.00. The van der Waals surface area contributed by atoms with Crippen LogP contribution in [0.15, 0.2) is 65.8 Å². The summed E-state index contributed by atoms with van der Waals surface area (Å²) in [5.41, 5.74) is 1.60. The molecule has 0 bridgehead atoms. The number of nitrogens with zero attached hydrogens (tertiary/aromatic N) is 5. The molecule has 0 N–H and O–H groups in total. The molecule has 0 atom stereocenters. The predicted octanol–water partition coefficient (Wildman–Crippen LogP) is 4.02. The Morgan fingerprint density at radius 3 is 2.79 bits per heavy atom. The van der Waals surface area contributed by atoms with E-state index >= 15 is 0 Å². The fourth-order valence-corrected chi connectivity index (χ4v) is 3.76. The van der Waals surface area contributed by atoms with Crippen LogP contribution >= 0.6 is 11.8 Å². The van der Waals surface area contributed by atoms with Crippen LogP contribution in [-0.4, -0.2) is 32.2 Å². The Morgan fingerprint density at radius 1 is 1.14 bits per heavy atom. The minimum atomic E-state index is -0.451. The first-order valence-electron chi connectivity index (χ1n) is 8.38. The maximum Gasteiger partial charge on any atom is 0.311 e. The third-order valence-corrected chi connectivity index (χ3v) is 5.23. The van der Waals surface area contributed by atoms with Crippen molar-refractivity contribution in [1.82, 2.24) is 20.2 Å². The first-order valence-corrected chi connectivity index (χ1v) is 9.36. The van der Waals surface area contributed by atoms with Crippen LogP contribution in [0.3, 0.4) is 0 Å². The SMILES string of the molecule is COc1ccc(CSc2nnnn2-c2cccc3ccccc23)cc1[N+](=O)[O-]. The van der Waals surface area contributed by atoms with E-state index in [0.717, 1.165) is 22.0 Å². The molecule has 0 amide bonds. The number of aromatic nitrogens is 4. The molecular formula is C19H15N5O3S. The van der Waals surface area contributed by atoms with Gasteiger partial charge in [0, 0.05) is 17.2 Å². The number of rotatable bonds is 6. The van der Waals surface area contributed by atoms with Gasteiger partial charge in [-0.15, -0.1) is 5.10 Å². The van der Waals surface area contributed by atoms with Crippen molar-refractivity contribution >= 4 is 28.2 Å². The number of hydrogen-bond donors (Lipinski definition) is 0. The molecule has 0 aliphatic rings. The summed E-state index contributed by atoms with van der Waals surface area (Å²) in [4.78, 5) is 10.8. The van der Waals surface area contributed by atoms with Crippen molar-refractivity contribution in [3.05, 3.63) is 76.3 Å².